The molecule has 8 heteroatoms. The lowest BCUT2D eigenvalue weighted by Gasteiger charge is -2.03. The van der Waals surface area contributed by atoms with Crippen molar-refractivity contribution < 1.29 is 4.92 Å². The van der Waals surface area contributed by atoms with E-state index >= 15 is 0 Å². The van der Waals surface area contributed by atoms with Crippen molar-refractivity contribution in [3.05, 3.63) is 46.0 Å². The Kier molecular flexibility index (Phi) is 3.81. The second kappa shape index (κ2) is 5.53. The van der Waals surface area contributed by atoms with Gasteiger partial charge in [0, 0.05) is 23.4 Å². The van der Waals surface area contributed by atoms with Gasteiger partial charge in [-0.1, -0.05) is 30.0 Å². The quantitative estimate of drug-likeness (QED) is 0.378. The standard InChI is InChI=1S/C11H11N5O2S/c12-9-5-10(13)15-11(14-9)19-6-7-3-1-2-4-8(7)16(17)18/h1-5H,6H2,(H4,12,13,14,15). The highest BCUT2D eigenvalue weighted by atomic mass is 32.2. The van der Waals surface area contributed by atoms with Crippen LogP contribution in [0.15, 0.2) is 35.5 Å². The first-order valence-electron chi connectivity index (χ1n) is 5.31. The molecular weight excluding hydrogens is 266 g/mol. The average Bonchev–Trinajstić information content (AvgIpc) is 2.35. The molecule has 4 N–H and O–H groups in total. The van der Waals surface area contributed by atoms with E-state index in [9.17, 15) is 10.1 Å². The smallest absolute Gasteiger partial charge is 0.273 e. The van der Waals surface area contributed by atoms with Crippen molar-refractivity contribution in [1.82, 2.24) is 9.97 Å². The van der Waals surface area contributed by atoms with Crippen LogP contribution < -0.4 is 11.5 Å². The molecule has 0 saturated carbocycles. The van der Waals surface area contributed by atoms with Crippen molar-refractivity contribution >= 4 is 29.1 Å². The molecule has 1 aromatic heterocycles. The lowest BCUT2D eigenvalue weighted by atomic mass is 10.2. The van der Waals surface area contributed by atoms with Gasteiger partial charge in [0.1, 0.15) is 11.6 Å². The first-order valence-corrected chi connectivity index (χ1v) is 6.30. The fourth-order valence-corrected chi connectivity index (χ4v) is 2.35. The van der Waals surface area contributed by atoms with Gasteiger partial charge in [0.15, 0.2) is 5.16 Å². The lowest BCUT2D eigenvalue weighted by Crippen LogP contribution is -2.00. The number of aromatic nitrogens is 2. The zero-order valence-corrected chi connectivity index (χ0v) is 10.6. The molecular formula is C11H11N5O2S. The van der Waals surface area contributed by atoms with Crippen LogP contribution in [0.25, 0.3) is 0 Å². The maximum absolute atomic E-state index is 10.9. The van der Waals surface area contributed by atoms with Crippen LogP contribution in [0.1, 0.15) is 5.56 Å². The summed E-state index contributed by atoms with van der Waals surface area (Å²) in [5.74, 6) is 0.926. The summed E-state index contributed by atoms with van der Waals surface area (Å²) in [7, 11) is 0. The number of nitro benzene ring substituents is 1. The molecule has 0 aliphatic heterocycles. The van der Waals surface area contributed by atoms with E-state index in [-0.39, 0.29) is 17.3 Å². The minimum Gasteiger partial charge on any atom is -0.383 e. The van der Waals surface area contributed by atoms with Crippen molar-refractivity contribution in [1.29, 1.82) is 0 Å². The summed E-state index contributed by atoms with van der Waals surface area (Å²) in [6.45, 7) is 0. The zero-order chi connectivity index (χ0) is 13.8. The highest BCUT2D eigenvalue weighted by Crippen LogP contribution is 2.26. The van der Waals surface area contributed by atoms with E-state index in [0.717, 1.165) is 0 Å². The molecule has 7 nitrogen and oxygen atoms in total. The minimum atomic E-state index is -0.412. The van der Waals surface area contributed by atoms with Gasteiger partial charge in [0.2, 0.25) is 0 Å². The summed E-state index contributed by atoms with van der Waals surface area (Å²) in [4.78, 5) is 18.5. The van der Waals surface area contributed by atoms with E-state index in [1.165, 1.54) is 23.9 Å². The fraction of sp³-hybridized carbons (Fsp3) is 0.0909. The Morgan fingerprint density at radius 1 is 1.21 bits per heavy atom. The van der Waals surface area contributed by atoms with Crippen LogP contribution in [0.4, 0.5) is 17.3 Å². The lowest BCUT2D eigenvalue weighted by molar-refractivity contribution is -0.385. The number of nitrogen functional groups attached to an aromatic ring is 2. The maximum atomic E-state index is 10.9. The Morgan fingerprint density at radius 2 is 1.84 bits per heavy atom. The fourth-order valence-electron chi connectivity index (χ4n) is 1.48. The van der Waals surface area contributed by atoms with Gasteiger partial charge < -0.3 is 11.5 Å². The zero-order valence-electron chi connectivity index (χ0n) is 9.81. The number of nitro groups is 1. The van der Waals surface area contributed by atoms with Gasteiger partial charge in [-0.2, -0.15) is 0 Å². The Balaban J connectivity index is 2.16. The van der Waals surface area contributed by atoms with Crippen molar-refractivity contribution in [2.75, 3.05) is 11.5 Å². The third-order valence-corrected chi connectivity index (χ3v) is 3.19. The Morgan fingerprint density at radius 3 is 2.47 bits per heavy atom. The van der Waals surface area contributed by atoms with E-state index in [4.69, 9.17) is 11.5 Å². The van der Waals surface area contributed by atoms with E-state index < -0.39 is 4.92 Å². The monoisotopic (exact) mass is 277 g/mol. The molecule has 19 heavy (non-hydrogen) atoms. The number of nitrogens with two attached hydrogens (primary N) is 2. The third kappa shape index (κ3) is 3.32. The van der Waals surface area contributed by atoms with Crippen LogP contribution in [0.3, 0.4) is 0 Å². The number of para-hydroxylation sites is 1. The second-order valence-electron chi connectivity index (χ2n) is 3.67. The summed E-state index contributed by atoms with van der Waals surface area (Å²) < 4.78 is 0. The van der Waals surface area contributed by atoms with Gasteiger partial charge in [-0.3, -0.25) is 10.1 Å². The number of nitrogens with zero attached hydrogens (tertiary/aromatic N) is 3. The van der Waals surface area contributed by atoms with Gasteiger partial charge in [-0.05, 0) is 0 Å². The molecule has 0 spiro atoms. The Hall–Kier alpha value is -2.35. The number of thioether (sulfide) groups is 1. The highest BCUT2D eigenvalue weighted by Gasteiger charge is 2.13. The number of rotatable bonds is 4. The molecule has 0 fully saturated rings. The van der Waals surface area contributed by atoms with Crippen molar-refractivity contribution in [3.63, 3.8) is 0 Å². The molecule has 98 valence electrons. The molecule has 0 unspecified atom stereocenters. The van der Waals surface area contributed by atoms with E-state index in [1.807, 2.05) is 0 Å². The van der Waals surface area contributed by atoms with Gasteiger partial charge in [-0.15, -0.1) is 0 Å². The second-order valence-corrected chi connectivity index (χ2v) is 4.62. The van der Waals surface area contributed by atoms with E-state index in [0.29, 0.717) is 16.5 Å². The van der Waals surface area contributed by atoms with Crippen LogP contribution in [0.5, 0.6) is 0 Å². The normalized spacial score (nSPS) is 10.3. The molecule has 1 heterocycles. The summed E-state index contributed by atoms with van der Waals surface area (Å²) in [5, 5.41) is 11.3. The topological polar surface area (TPSA) is 121 Å². The average molecular weight is 277 g/mol. The molecule has 0 radical (unpaired) electrons. The largest absolute Gasteiger partial charge is 0.383 e. The SMILES string of the molecule is Nc1cc(N)nc(SCc2ccccc2[N+](=O)[O-])n1. The molecule has 1 aromatic carbocycles. The van der Waals surface area contributed by atoms with Crippen LogP contribution in [-0.4, -0.2) is 14.9 Å². The summed E-state index contributed by atoms with van der Waals surface area (Å²) in [6, 6.07) is 7.99. The predicted molar refractivity (Wildman–Crippen MR) is 73.5 cm³/mol. The van der Waals surface area contributed by atoms with Gasteiger partial charge in [0.25, 0.3) is 5.69 Å². The molecule has 2 aromatic rings. The minimum absolute atomic E-state index is 0.0758. The van der Waals surface area contributed by atoms with Crippen LogP contribution in [0.2, 0.25) is 0 Å². The Bertz CT molecular complexity index is 600. The summed E-state index contributed by atoms with van der Waals surface area (Å²) in [5.41, 5.74) is 11.8. The Labute approximate surface area is 113 Å². The molecule has 0 atom stereocenters. The maximum Gasteiger partial charge on any atom is 0.273 e. The molecule has 0 aliphatic rings. The first-order chi connectivity index (χ1) is 9.06. The molecule has 0 bridgehead atoms. The number of anilines is 2. The molecule has 2 rings (SSSR count). The summed E-state index contributed by atoms with van der Waals surface area (Å²) in [6.07, 6.45) is 0. The van der Waals surface area contributed by atoms with Crippen molar-refractivity contribution in [2.45, 2.75) is 10.9 Å². The first kappa shape index (κ1) is 13.1. The molecule has 0 aliphatic carbocycles. The van der Waals surface area contributed by atoms with E-state index in [2.05, 4.69) is 9.97 Å². The van der Waals surface area contributed by atoms with Crippen molar-refractivity contribution in [2.24, 2.45) is 0 Å². The summed E-state index contributed by atoms with van der Waals surface area (Å²) >= 11 is 1.25. The van der Waals surface area contributed by atoms with E-state index in [1.54, 1.807) is 18.2 Å². The van der Waals surface area contributed by atoms with Crippen molar-refractivity contribution in [3.8, 4) is 0 Å². The third-order valence-electron chi connectivity index (χ3n) is 2.29. The number of hydrogen-bond acceptors (Lipinski definition) is 7. The van der Waals surface area contributed by atoms with Gasteiger partial charge >= 0.3 is 0 Å². The van der Waals surface area contributed by atoms with Crippen LogP contribution in [-0.2, 0) is 5.75 Å². The van der Waals surface area contributed by atoms with Crippen LogP contribution >= 0.6 is 11.8 Å². The molecule has 0 saturated heterocycles. The number of hydrogen-bond donors (Lipinski definition) is 2. The predicted octanol–water partition coefficient (Wildman–Crippen LogP) is 1.84. The van der Waals surface area contributed by atoms with Gasteiger partial charge in [0.05, 0.1) is 4.92 Å². The number of benzene rings is 1. The highest BCUT2D eigenvalue weighted by molar-refractivity contribution is 7.98. The van der Waals surface area contributed by atoms with Gasteiger partial charge in [-0.25, -0.2) is 9.97 Å². The van der Waals surface area contributed by atoms with Crippen LogP contribution in [0, 0.1) is 10.1 Å². The molecule has 0 amide bonds.